The third-order valence-electron chi connectivity index (χ3n) is 2.66. The van der Waals surface area contributed by atoms with Crippen molar-refractivity contribution in [2.75, 3.05) is 6.54 Å². The Hall–Kier alpha value is -1.95. The van der Waals surface area contributed by atoms with Crippen molar-refractivity contribution in [1.29, 1.82) is 0 Å². The van der Waals surface area contributed by atoms with Crippen molar-refractivity contribution in [3.05, 3.63) is 47.4 Å². The van der Waals surface area contributed by atoms with E-state index >= 15 is 0 Å². The van der Waals surface area contributed by atoms with Gasteiger partial charge in [-0.2, -0.15) is 0 Å². The van der Waals surface area contributed by atoms with Gasteiger partial charge in [-0.25, -0.2) is 8.78 Å². The SMILES string of the molecule is CCCNCc1cc(F)c(OCc2ccno2)c(F)c1. The topological polar surface area (TPSA) is 47.3 Å². The van der Waals surface area contributed by atoms with Crippen molar-refractivity contribution in [3.63, 3.8) is 0 Å². The van der Waals surface area contributed by atoms with Gasteiger partial charge in [-0.15, -0.1) is 0 Å². The summed E-state index contributed by atoms with van der Waals surface area (Å²) in [6.07, 6.45) is 2.40. The third-order valence-corrected chi connectivity index (χ3v) is 2.66. The zero-order valence-corrected chi connectivity index (χ0v) is 11.2. The molecule has 0 amide bonds. The fourth-order valence-electron chi connectivity index (χ4n) is 1.72. The molecular weight excluding hydrogens is 266 g/mol. The molecule has 2 aromatic rings. The van der Waals surface area contributed by atoms with Crippen molar-refractivity contribution in [1.82, 2.24) is 10.5 Å². The minimum Gasteiger partial charge on any atom is -0.479 e. The van der Waals surface area contributed by atoms with E-state index in [4.69, 9.17) is 9.26 Å². The second-order valence-corrected chi connectivity index (χ2v) is 4.33. The standard InChI is InChI=1S/C14H16F2N2O2/c1-2-4-17-8-10-6-12(15)14(13(16)7-10)19-9-11-3-5-18-20-11/h3,5-7,17H,2,4,8-9H2,1H3. The van der Waals surface area contributed by atoms with Crippen LogP contribution in [0.5, 0.6) is 5.75 Å². The Bertz CT molecular complexity index is 521. The predicted molar refractivity (Wildman–Crippen MR) is 69.2 cm³/mol. The van der Waals surface area contributed by atoms with Gasteiger partial charge in [0.05, 0.1) is 6.20 Å². The van der Waals surface area contributed by atoms with E-state index in [9.17, 15) is 8.78 Å². The van der Waals surface area contributed by atoms with Crippen molar-refractivity contribution < 1.29 is 18.0 Å². The fourth-order valence-corrected chi connectivity index (χ4v) is 1.72. The van der Waals surface area contributed by atoms with Crippen LogP contribution in [0.1, 0.15) is 24.7 Å². The molecule has 0 unspecified atom stereocenters. The summed E-state index contributed by atoms with van der Waals surface area (Å²) in [5.74, 6) is -1.45. The fraction of sp³-hybridized carbons (Fsp3) is 0.357. The van der Waals surface area contributed by atoms with Crippen LogP contribution in [0.25, 0.3) is 0 Å². The molecule has 0 atom stereocenters. The lowest BCUT2D eigenvalue weighted by Gasteiger charge is -2.09. The van der Waals surface area contributed by atoms with Crippen LogP contribution in [-0.2, 0) is 13.2 Å². The van der Waals surface area contributed by atoms with E-state index in [-0.39, 0.29) is 6.61 Å². The van der Waals surface area contributed by atoms with E-state index in [0.29, 0.717) is 17.9 Å². The summed E-state index contributed by atoms with van der Waals surface area (Å²) >= 11 is 0. The van der Waals surface area contributed by atoms with E-state index in [2.05, 4.69) is 10.5 Å². The molecule has 6 heteroatoms. The van der Waals surface area contributed by atoms with E-state index in [1.807, 2.05) is 6.92 Å². The molecule has 0 radical (unpaired) electrons. The van der Waals surface area contributed by atoms with Gasteiger partial charge in [-0.1, -0.05) is 12.1 Å². The van der Waals surface area contributed by atoms with Gasteiger partial charge in [-0.05, 0) is 30.7 Å². The molecule has 0 spiro atoms. The van der Waals surface area contributed by atoms with Crippen molar-refractivity contribution in [3.8, 4) is 5.75 Å². The van der Waals surface area contributed by atoms with Gasteiger partial charge < -0.3 is 14.6 Å². The Morgan fingerprint density at radius 1 is 1.30 bits per heavy atom. The Balaban J connectivity index is 2.02. The molecule has 0 aliphatic heterocycles. The van der Waals surface area contributed by atoms with Crippen LogP contribution >= 0.6 is 0 Å². The smallest absolute Gasteiger partial charge is 0.191 e. The number of nitrogens with zero attached hydrogens (tertiary/aromatic N) is 1. The molecular formula is C14H16F2N2O2. The lowest BCUT2D eigenvalue weighted by atomic mass is 10.2. The molecule has 108 valence electrons. The summed E-state index contributed by atoms with van der Waals surface area (Å²) < 4.78 is 37.5. The van der Waals surface area contributed by atoms with Gasteiger partial charge in [0, 0.05) is 12.6 Å². The van der Waals surface area contributed by atoms with Crippen molar-refractivity contribution in [2.24, 2.45) is 0 Å². The zero-order valence-electron chi connectivity index (χ0n) is 11.2. The van der Waals surface area contributed by atoms with Crippen LogP contribution < -0.4 is 10.1 Å². The first kappa shape index (κ1) is 14.5. The molecule has 1 aromatic carbocycles. The average Bonchev–Trinajstić information content (AvgIpc) is 2.91. The van der Waals surface area contributed by atoms with Crippen LogP contribution in [-0.4, -0.2) is 11.7 Å². The largest absolute Gasteiger partial charge is 0.479 e. The second kappa shape index (κ2) is 7.00. The third kappa shape index (κ3) is 3.77. The van der Waals surface area contributed by atoms with Crippen LogP contribution in [0, 0.1) is 11.6 Å². The number of nitrogens with one attached hydrogen (secondary N) is 1. The first-order chi connectivity index (χ1) is 9.70. The Labute approximate surface area is 115 Å². The number of rotatable bonds is 7. The maximum atomic E-state index is 13.8. The Morgan fingerprint density at radius 3 is 2.65 bits per heavy atom. The molecule has 0 aliphatic carbocycles. The Morgan fingerprint density at radius 2 is 2.05 bits per heavy atom. The molecule has 1 aromatic heterocycles. The van der Waals surface area contributed by atoms with Crippen LogP contribution in [0.15, 0.2) is 28.9 Å². The Kier molecular flexibility index (Phi) is 5.06. The lowest BCUT2D eigenvalue weighted by Crippen LogP contribution is -2.14. The minimum atomic E-state index is -0.724. The first-order valence-corrected chi connectivity index (χ1v) is 6.41. The molecule has 2 rings (SSSR count). The van der Waals surface area contributed by atoms with Gasteiger partial charge in [0.2, 0.25) is 0 Å². The summed E-state index contributed by atoms with van der Waals surface area (Å²) in [6, 6.07) is 4.10. The second-order valence-electron chi connectivity index (χ2n) is 4.33. The first-order valence-electron chi connectivity index (χ1n) is 6.41. The highest BCUT2D eigenvalue weighted by atomic mass is 19.1. The van der Waals surface area contributed by atoms with Crippen LogP contribution in [0.2, 0.25) is 0 Å². The predicted octanol–water partition coefficient (Wildman–Crippen LogP) is 3.03. The number of benzene rings is 1. The molecule has 1 N–H and O–H groups in total. The highest BCUT2D eigenvalue weighted by molar-refractivity contribution is 5.31. The van der Waals surface area contributed by atoms with Crippen molar-refractivity contribution in [2.45, 2.75) is 26.5 Å². The highest BCUT2D eigenvalue weighted by Crippen LogP contribution is 2.24. The molecule has 0 aliphatic rings. The molecule has 4 nitrogen and oxygen atoms in total. The highest BCUT2D eigenvalue weighted by Gasteiger charge is 2.13. The summed E-state index contributed by atoms with van der Waals surface area (Å²) in [5.41, 5.74) is 0.542. The van der Waals surface area contributed by atoms with E-state index in [0.717, 1.165) is 13.0 Å². The van der Waals surface area contributed by atoms with Gasteiger partial charge >= 0.3 is 0 Å². The summed E-state index contributed by atoms with van der Waals surface area (Å²) in [6.45, 7) is 3.17. The maximum absolute atomic E-state index is 13.8. The maximum Gasteiger partial charge on any atom is 0.191 e. The lowest BCUT2D eigenvalue weighted by molar-refractivity contribution is 0.230. The van der Waals surface area contributed by atoms with E-state index in [1.165, 1.54) is 18.3 Å². The monoisotopic (exact) mass is 282 g/mol. The number of halogens is 2. The van der Waals surface area contributed by atoms with Gasteiger partial charge in [0.1, 0.15) is 6.61 Å². The number of hydrogen-bond acceptors (Lipinski definition) is 4. The number of aromatic nitrogens is 1. The molecule has 0 bridgehead atoms. The average molecular weight is 282 g/mol. The van der Waals surface area contributed by atoms with E-state index < -0.39 is 17.4 Å². The van der Waals surface area contributed by atoms with Gasteiger partial charge in [0.15, 0.2) is 23.1 Å². The van der Waals surface area contributed by atoms with Crippen LogP contribution in [0.3, 0.4) is 0 Å². The molecule has 0 saturated heterocycles. The molecule has 20 heavy (non-hydrogen) atoms. The molecule has 0 fully saturated rings. The minimum absolute atomic E-state index is 0.0682. The number of ether oxygens (including phenoxy) is 1. The summed E-state index contributed by atoms with van der Waals surface area (Å²) in [5, 5.41) is 6.57. The summed E-state index contributed by atoms with van der Waals surface area (Å²) in [4.78, 5) is 0. The quantitative estimate of drug-likeness (QED) is 0.793. The van der Waals surface area contributed by atoms with E-state index in [1.54, 1.807) is 6.07 Å². The zero-order chi connectivity index (χ0) is 14.4. The molecule has 1 heterocycles. The molecule has 0 saturated carbocycles. The van der Waals surface area contributed by atoms with Crippen molar-refractivity contribution >= 4 is 0 Å². The number of hydrogen-bond donors (Lipinski definition) is 1. The van der Waals surface area contributed by atoms with Gasteiger partial charge in [-0.3, -0.25) is 0 Å². The van der Waals surface area contributed by atoms with Gasteiger partial charge in [0.25, 0.3) is 0 Å². The summed E-state index contributed by atoms with van der Waals surface area (Å²) in [7, 11) is 0. The normalized spacial score (nSPS) is 10.8. The van der Waals surface area contributed by atoms with Crippen LogP contribution in [0.4, 0.5) is 8.78 Å².